The molecule has 0 spiro atoms. The summed E-state index contributed by atoms with van der Waals surface area (Å²) in [6.45, 7) is 6.32. The molecule has 0 radical (unpaired) electrons. The molecule has 4 atom stereocenters. The molecular weight excluding hydrogens is 316 g/mol. The van der Waals surface area contributed by atoms with Crippen LogP contribution in [-0.2, 0) is 9.53 Å². The third kappa shape index (κ3) is 2.35. The number of Topliss-reactive ketones (excluding diaryl/α,β-unsaturated/α-hetero) is 1. The van der Waals surface area contributed by atoms with E-state index in [0.717, 1.165) is 10.9 Å². The number of carbonyl (C=O) groups is 1. The second kappa shape index (κ2) is 4.96. The fourth-order valence-corrected chi connectivity index (χ4v) is 3.94. The maximum absolute atomic E-state index is 12.3. The molecule has 1 saturated carbocycles. The fraction of sp³-hybridized carbons (Fsp3) is 0.588. The quantitative estimate of drug-likeness (QED) is 0.753. The fourth-order valence-electron chi connectivity index (χ4n) is 3.68. The third-order valence-corrected chi connectivity index (χ3v) is 5.68. The van der Waals surface area contributed by atoms with Gasteiger partial charge in [-0.05, 0) is 49.8 Å². The van der Waals surface area contributed by atoms with Gasteiger partial charge in [-0.2, -0.15) is 0 Å². The molecule has 2 nitrogen and oxygen atoms in total. The van der Waals surface area contributed by atoms with Crippen LogP contribution in [0.5, 0.6) is 0 Å². The highest BCUT2D eigenvalue weighted by Gasteiger charge is 2.50. The van der Waals surface area contributed by atoms with Gasteiger partial charge in [-0.25, -0.2) is 0 Å². The molecule has 1 aromatic rings. The highest BCUT2D eigenvalue weighted by molar-refractivity contribution is 9.10. The van der Waals surface area contributed by atoms with Crippen molar-refractivity contribution in [3.05, 3.63) is 34.3 Å². The Morgan fingerprint density at radius 2 is 1.90 bits per heavy atom. The van der Waals surface area contributed by atoms with Gasteiger partial charge in [0, 0.05) is 16.8 Å². The predicted molar refractivity (Wildman–Crippen MR) is 82.4 cm³/mol. The summed E-state index contributed by atoms with van der Waals surface area (Å²) in [4.78, 5) is 12.3. The van der Waals surface area contributed by atoms with Crippen molar-refractivity contribution in [2.75, 3.05) is 0 Å². The molecule has 0 aromatic heterocycles. The molecule has 1 aliphatic carbocycles. The van der Waals surface area contributed by atoms with Crippen molar-refractivity contribution in [2.24, 2.45) is 17.8 Å². The van der Waals surface area contributed by atoms with Gasteiger partial charge in [0.1, 0.15) is 5.78 Å². The topological polar surface area (TPSA) is 26.3 Å². The van der Waals surface area contributed by atoms with Crippen molar-refractivity contribution in [3.8, 4) is 0 Å². The molecule has 1 saturated heterocycles. The largest absolute Gasteiger partial charge is 0.367 e. The summed E-state index contributed by atoms with van der Waals surface area (Å²) in [5, 5.41) is 0. The summed E-state index contributed by atoms with van der Waals surface area (Å²) in [5.74, 6) is 1.19. The average molecular weight is 337 g/mol. The second-order valence-corrected chi connectivity index (χ2v) is 7.66. The minimum atomic E-state index is -0.218. The molecular formula is C17H21BrO2. The van der Waals surface area contributed by atoms with Crippen LogP contribution in [0.25, 0.3) is 0 Å². The van der Waals surface area contributed by atoms with Gasteiger partial charge in [-0.3, -0.25) is 4.79 Å². The van der Waals surface area contributed by atoms with Gasteiger partial charge in [-0.15, -0.1) is 0 Å². The molecule has 2 aliphatic rings. The first-order chi connectivity index (χ1) is 9.38. The van der Waals surface area contributed by atoms with Crippen LogP contribution >= 0.6 is 15.9 Å². The lowest BCUT2D eigenvalue weighted by molar-refractivity contribution is -0.197. The van der Waals surface area contributed by atoms with Crippen molar-refractivity contribution in [2.45, 2.75) is 45.3 Å². The molecule has 0 unspecified atom stereocenters. The monoisotopic (exact) mass is 336 g/mol. The number of hydrogen-bond donors (Lipinski definition) is 0. The summed E-state index contributed by atoms with van der Waals surface area (Å²) in [7, 11) is 0. The molecule has 2 fully saturated rings. The number of ketones is 1. The number of hydrogen-bond acceptors (Lipinski definition) is 2. The Bertz CT molecular complexity index is 520. The molecule has 0 amide bonds. The summed E-state index contributed by atoms with van der Waals surface area (Å²) in [6.07, 6.45) is 1.81. The molecule has 3 heteroatoms. The maximum atomic E-state index is 12.3. The highest BCUT2D eigenvalue weighted by atomic mass is 79.9. The average Bonchev–Trinajstić information content (AvgIpc) is 2.39. The van der Waals surface area contributed by atoms with E-state index < -0.39 is 0 Å². The van der Waals surface area contributed by atoms with E-state index in [1.54, 1.807) is 0 Å². The first-order valence-corrected chi connectivity index (χ1v) is 8.14. The lowest BCUT2D eigenvalue weighted by Crippen LogP contribution is -2.51. The van der Waals surface area contributed by atoms with Crippen molar-refractivity contribution >= 4 is 21.7 Å². The zero-order valence-electron chi connectivity index (χ0n) is 12.2. The van der Waals surface area contributed by atoms with Gasteiger partial charge in [0.25, 0.3) is 0 Å². The first kappa shape index (κ1) is 14.3. The highest BCUT2D eigenvalue weighted by Crippen LogP contribution is 2.51. The number of carbonyl (C=O) groups excluding carboxylic acids is 1. The van der Waals surface area contributed by atoms with Gasteiger partial charge in [0.15, 0.2) is 0 Å². The molecule has 108 valence electrons. The van der Waals surface area contributed by atoms with Crippen LogP contribution in [0, 0.1) is 17.8 Å². The number of ether oxygens (including phenoxy) is 1. The van der Waals surface area contributed by atoms with E-state index >= 15 is 0 Å². The van der Waals surface area contributed by atoms with E-state index in [9.17, 15) is 4.79 Å². The smallest absolute Gasteiger partial charge is 0.136 e. The van der Waals surface area contributed by atoms with Crippen LogP contribution in [0.3, 0.4) is 0 Å². The van der Waals surface area contributed by atoms with Crippen molar-refractivity contribution in [1.29, 1.82) is 0 Å². The summed E-state index contributed by atoms with van der Waals surface area (Å²) < 4.78 is 7.49. The summed E-state index contributed by atoms with van der Waals surface area (Å²) in [5.41, 5.74) is 0.968. The standard InChI is InChI=1S/C17H21BrO2/c1-10-14-8-12(9-15(10)19)17(2,3)20-16(14)11-4-6-13(18)7-5-11/h4-7,10,12,14,16H,8-9H2,1-3H3/t10-,12+,14-,16-/m0/s1. The van der Waals surface area contributed by atoms with E-state index in [4.69, 9.17) is 4.74 Å². The van der Waals surface area contributed by atoms with Gasteiger partial charge < -0.3 is 4.74 Å². The predicted octanol–water partition coefficient (Wildman–Crippen LogP) is 4.53. The molecule has 1 aromatic carbocycles. The SMILES string of the molecule is C[C@@H]1C(=O)C[C@H]2C[C@@H]1[C@H](c1ccc(Br)cc1)OC2(C)C. The third-order valence-electron chi connectivity index (χ3n) is 5.16. The van der Waals surface area contributed by atoms with Crippen molar-refractivity contribution < 1.29 is 9.53 Å². The molecule has 1 heterocycles. The Hall–Kier alpha value is -0.670. The van der Waals surface area contributed by atoms with Crippen molar-refractivity contribution in [3.63, 3.8) is 0 Å². The maximum Gasteiger partial charge on any atom is 0.136 e. The van der Waals surface area contributed by atoms with Crippen molar-refractivity contribution in [1.82, 2.24) is 0 Å². The zero-order chi connectivity index (χ0) is 14.5. The van der Waals surface area contributed by atoms with Gasteiger partial charge >= 0.3 is 0 Å². The van der Waals surface area contributed by atoms with E-state index in [2.05, 4.69) is 48.8 Å². The van der Waals surface area contributed by atoms with Crippen LogP contribution in [-0.4, -0.2) is 11.4 Å². The van der Waals surface area contributed by atoms with Crippen LogP contribution in [0.15, 0.2) is 28.7 Å². The van der Waals surface area contributed by atoms with Gasteiger partial charge in [0.2, 0.25) is 0 Å². The second-order valence-electron chi connectivity index (χ2n) is 6.75. The van der Waals surface area contributed by atoms with E-state index in [1.165, 1.54) is 5.56 Å². The number of benzene rings is 1. The Kier molecular flexibility index (Phi) is 3.54. The van der Waals surface area contributed by atoms with Gasteiger partial charge in [-0.1, -0.05) is 35.0 Å². The summed E-state index contributed by atoms with van der Waals surface area (Å²) in [6, 6.07) is 8.31. The Morgan fingerprint density at radius 3 is 2.55 bits per heavy atom. The molecule has 1 aliphatic heterocycles. The summed E-state index contributed by atoms with van der Waals surface area (Å²) >= 11 is 3.47. The van der Waals surface area contributed by atoms with Crippen LogP contribution in [0.2, 0.25) is 0 Å². The Morgan fingerprint density at radius 1 is 1.25 bits per heavy atom. The van der Waals surface area contributed by atoms with Gasteiger partial charge in [0.05, 0.1) is 11.7 Å². The zero-order valence-corrected chi connectivity index (χ0v) is 13.8. The number of fused-ring (bicyclic) bond motifs is 2. The van der Waals surface area contributed by atoms with E-state index in [-0.39, 0.29) is 17.6 Å². The molecule has 20 heavy (non-hydrogen) atoms. The Balaban J connectivity index is 1.97. The number of rotatable bonds is 1. The molecule has 2 bridgehead atoms. The molecule has 3 rings (SSSR count). The minimum absolute atomic E-state index is 0.0357. The Labute approximate surface area is 129 Å². The van der Waals surface area contributed by atoms with E-state index in [1.807, 2.05) is 12.1 Å². The van der Waals surface area contributed by atoms with Crippen LogP contribution in [0.1, 0.15) is 45.3 Å². The van der Waals surface area contributed by atoms with Crippen LogP contribution < -0.4 is 0 Å². The van der Waals surface area contributed by atoms with Crippen LogP contribution in [0.4, 0.5) is 0 Å². The minimum Gasteiger partial charge on any atom is -0.367 e. The number of halogens is 1. The lowest BCUT2D eigenvalue weighted by Gasteiger charge is -2.51. The first-order valence-electron chi connectivity index (χ1n) is 7.34. The molecule has 0 N–H and O–H groups in total. The van der Waals surface area contributed by atoms with E-state index in [0.29, 0.717) is 24.0 Å². The normalized spacial score (nSPS) is 35.9. The lowest BCUT2D eigenvalue weighted by atomic mass is 9.64.